The Morgan fingerprint density at radius 3 is 2.67 bits per heavy atom. The van der Waals surface area contributed by atoms with Crippen LogP contribution in [0.15, 0.2) is 23.8 Å². The van der Waals surface area contributed by atoms with E-state index in [4.69, 9.17) is 9.47 Å². The van der Waals surface area contributed by atoms with E-state index in [2.05, 4.69) is 6.58 Å². The maximum absolute atomic E-state index is 12.5. The van der Waals surface area contributed by atoms with E-state index in [9.17, 15) is 24.6 Å². The van der Waals surface area contributed by atoms with Gasteiger partial charge in [0.1, 0.15) is 17.8 Å². The Balaban J connectivity index is 2.45. The van der Waals surface area contributed by atoms with E-state index in [0.29, 0.717) is 5.57 Å². The topological polar surface area (TPSA) is 110 Å². The van der Waals surface area contributed by atoms with E-state index in [0.717, 1.165) is 0 Å². The van der Waals surface area contributed by atoms with Gasteiger partial charge in [0.2, 0.25) is 0 Å². The second-order valence-electron chi connectivity index (χ2n) is 8.08. The van der Waals surface area contributed by atoms with Crippen molar-refractivity contribution < 1.29 is 34.1 Å². The molecule has 2 aliphatic rings. The quantitative estimate of drug-likeness (QED) is 0.433. The molecule has 0 spiro atoms. The van der Waals surface area contributed by atoms with Crippen molar-refractivity contribution in [2.24, 2.45) is 11.8 Å². The van der Waals surface area contributed by atoms with Gasteiger partial charge in [0, 0.05) is 24.8 Å². The number of carbonyl (C=O) groups excluding carboxylic acids is 3. The first-order valence-electron chi connectivity index (χ1n) is 9.13. The van der Waals surface area contributed by atoms with E-state index in [1.54, 1.807) is 13.0 Å². The van der Waals surface area contributed by atoms with Gasteiger partial charge in [0.25, 0.3) is 0 Å². The van der Waals surface area contributed by atoms with Crippen molar-refractivity contribution >= 4 is 17.7 Å². The maximum Gasteiger partial charge on any atom is 0.334 e. The Labute approximate surface area is 159 Å². The normalized spacial score (nSPS) is 36.7. The van der Waals surface area contributed by atoms with Gasteiger partial charge in [0.15, 0.2) is 5.78 Å². The van der Waals surface area contributed by atoms with Crippen LogP contribution in [0, 0.1) is 11.8 Å². The number of fused-ring (bicyclic) bond motifs is 1. The summed E-state index contributed by atoms with van der Waals surface area (Å²) in [5.74, 6) is -2.35. The highest BCUT2D eigenvalue weighted by atomic mass is 16.6. The highest BCUT2D eigenvalue weighted by Crippen LogP contribution is 2.37. The standard InChI is InChI=1S/C20H28O7/c1-10(2)6-17(23)26-15-9-20(5,25)16(22)8-13(21)11(3)7-14-18(15)12(4)19(24)27-14/h7,10,13-15,18,21,25H,4,6,8-9H2,1-3,5H3/b11-7+/t13-,14-,15-,18+,20-/m1/s1. The van der Waals surface area contributed by atoms with Crippen molar-refractivity contribution in [3.8, 4) is 0 Å². The smallest absolute Gasteiger partial charge is 0.334 e. The van der Waals surface area contributed by atoms with Gasteiger partial charge < -0.3 is 19.7 Å². The number of ether oxygens (including phenoxy) is 2. The molecule has 150 valence electrons. The number of aliphatic hydroxyl groups excluding tert-OH is 1. The molecule has 5 atom stereocenters. The molecule has 2 rings (SSSR count). The van der Waals surface area contributed by atoms with Crippen LogP contribution in [0.3, 0.4) is 0 Å². The van der Waals surface area contributed by atoms with Crippen LogP contribution in [0.4, 0.5) is 0 Å². The first kappa shape index (κ1) is 21.3. The Morgan fingerprint density at radius 1 is 1.44 bits per heavy atom. The lowest BCUT2D eigenvalue weighted by Crippen LogP contribution is -2.46. The Kier molecular flexibility index (Phi) is 6.27. The minimum absolute atomic E-state index is 0.0666. The molecule has 0 aromatic carbocycles. The molecule has 0 saturated carbocycles. The van der Waals surface area contributed by atoms with Gasteiger partial charge in [-0.3, -0.25) is 9.59 Å². The molecule has 1 aliphatic heterocycles. The third-order valence-corrected chi connectivity index (χ3v) is 5.05. The lowest BCUT2D eigenvalue weighted by atomic mass is 9.79. The van der Waals surface area contributed by atoms with Gasteiger partial charge in [-0.05, 0) is 31.4 Å². The summed E-state index contributed by atoms with van der Waals surface area (Å²) in [5, 5.41) is 20.9. The molecule has 7 heteroatoms. The van der Waals surface area contributed by atoms with Crippen molar-refractivity contribution in [1.29, 1.82) is 0 Å². The van der Waals surface area contributed by atoms with Crippen molar-refractivity contribution in [3.05, 3.63) is 23.8 Å². The van der Waals surface area contributed by atoms with Gasteiger partial charge in [-0.2, -0.15) is 0 Å². The molecular weight excluding hydrogens is 352 g/mol. The first-order chi connectivity index (χ1) is 12.4. The maximum atomic E-state index is 12.5. The minimum atomic E-state index is -1.84. The number of carbonyl (C=O) groups is 3. The summed E-state index contributed by atoms with van der Waals surface area (Å²) < 4.78 is 10.9. The average Bonchev–Trinajstić information content (AvgIpc) is 2.78. The third-order valence-electron chi connectivity index (χ3n) is 5.05. The predicted octanol–water partition coefficient (Wildman–Crippen LogP) is 1.46. The average molecular weight is 380 g/mol. The van der Waals surface area contributed by atoms with Gasteiger partial charge in [-0.15, -0.1) is 0 Å². The molecule has 1 heterocycles. The van der Waals surface area contributed by atoms with E-state index < -0.39 is 47.6 Å². The summed E-state index contributed by atoms with van der Waals surface area (Å²) in [6, 6.07) is 0. The third kappa shape index (κ3) is 4.84. The fraction of sp³-hybridized carbons (Fsp3) is 0.650. The number of hydrogen-bond acceptors (Lipinski definition) is 7. The van der Waals surface area contributed by atoms with Crippen molar-refractivity contribution in [1.82, 2.24) is 0 Å². The molecule has 27 heavy (non-hydrogen) atoms. The zero-order chi connectivity index (χ0) is 20.5. The number of Topliss-reactive ketones (excluding diaryl/α,β-unsaturated/α-hetero) is 1. The zero-order valence-corrected chi connectivity index (χ0v) is 16.2. The van der Waals surface area contributed by atoms with Crippen LogP contribution in [0.1, 0.15) is 47.0 Å². The monoisotopic (exact) mass is 380 g/mol. The van der Waals surface area contributed by atoms with E-state index in [1.807, 2.05) is 13.8 Å². The van der Waals surface area contributed by atoms with Crippen LogP contribution in [0.2, 0.25) is 0 Å². The summed E-state index contributed by atoms with van der Waals surface area (Å²) in [5.41, 5.74) is -1.28. The fourth-order valence-electron chi connectivity index (χ4n) is 3.41. The molecule has 1 aliphatic carbocycles. The Bertz CT molecular complexity index is 674. The first-order valence-corrected chi connectivity index (χ1v) is 9.13. The van der Waals surface area contributed by atoms with Gasteiger partial charge in [0.05, 0.1) is 12.0 Å². The molecule has 0 aromatic heterocycles. The number of hydrogen-bond donors (Lipinski definition) is 2. The van der Waals surface area contributed by atoms with Crippen molar-refractivity contribution in [3.63, 3.8) is 0 Å². The van der Waals surface area contributed by atoms with Gasteiger partial charge in [-0.1, -0.05) is 20.4 Å². The fourth-order valence-corrected chi connectivity index (χ4v) is 3.41. The molecule has 0 radical (unpaired) electrons. The van der Waals surface area contributed by atoms with Crippen molar-refractivity contribution in [2.75, 3.05) is 0 Å². The second kappa shape index (κ2) is 7.94. The molecule has 0 bridgehead atoms. The molecular formula is C20H28O7. The lowest BCUT2D eigenvalue weighted by molar-refractivity contribution is -0.160. The highest BCUT2D eigenvalue weighted by Gasteiger charge is 2.48. The zero-order valence-electron chi connectivity index (χ0n) is 16.2. The Morgan fingerprint density at radius 2 is 2.07 bits per heavy atom. The van der Waals surface area contributed by atoms with Crippen molar-refractivity contribution in [2.45, 2.75) is 70.9 Å². The van der Waals surface area contributed by atoms with Crippen LogP contribution in [-0.2, 0) is 23.9 Å². The van der Waals surface area contributed by atoms with Crippen LogP contribution in [0.5, 0.6) is 0 Å². The van der Waals surface area contributed by atoms with Gasteiger partial charge in [-0.25, -0.2) is 4.79 Å². The molecule has 0 amide bonds. The summed E-state index contributed by atoms with van der Waals surface area (Å²) in [4.78, 5) is 36.8. The second-order valence-corrected chi connectivity index (χ2v) is 8.08. The van der Waals surface area contributed by atoms with E-state index in [1.165, 1.54) is 6.92 Å². The molecule has 0 unspecified atom stereocenters. The molecule has 1 saturated heterocycles. The molecule has 1 fully saturated rings. The summed E-state index contributed by atoms with van der Waals surface area (Å²) in [6.45, 7) is 10.4. The van der Waals surface area contributed by atoms with Crippen LogP contribution < -0.4 is 0 Å². The number of rotatable bonds is 3. The molecule has 2 N–H and O–H groups in total. The predicted molar refractivity (Wildman–Crippen MR) is 96.5 cm³/mol. The van der Waals surface area contributed by atoms with Crippen LogP contribution in [0.25, 0.3) is 0 Å². The number of ketones is 1. The highest BCUT2D eigenvalue weighted by molar-refractivity contribution is 5.92. The van der Waals surface area contributed by atoms with E-state index >= 15 is 0 Å². The number of esters is 2. The lowest BCUT2D eigenvalue weighted by Gasteiger charge is -2.33. The summed E-state index contributed by atoms with van der Waals surface area (Å²) >= 11 is 0. The summed E-state index contributed by atoms with van der Waals surface area (Å²) in [6.07, 6.45) is -1.63. The van der Waals surface area contributed by atoms with Gasteiger partial charge >= 0.3 is 11.9 Å². The van der Waals surface area contributed by atoms with E-state index in [-0.39, 0.29) is 30.8 Å². The van der Waals surface area contributed by atoms with Crippen LogP contribution >= 0.6 is 0 Å². The number of aliphatic hydroxyl groups is 2. The molecule has 7 nitrogen and oxygen atoms in total. The Hall–Kier alpha value is -1.99. The summed E-state index contributed by atoms with van der Waals surface area (Å²) in [7, 11) is 0. The SMILES string of the molecule is C=C1C(=O)O[C@@H]2/C=C(\C)[C@H](O)CC(=O)[C@](C)(O)C[C@@H](OC(=O)CC(C)C)[C@@H]12. The minimum Gasteiger partial charge on any atom is -0.461 e. The van der Waals surface area contributed by atoms with Crippen LogP contribution in [-0.4, -0.2) is 51.8 Å². The molecule has 0 aromatic rings. The largest absolute Gasteiger partial charge is 0.461 e.